The number of nitrogens with one attached hydrogen (secondary N) is 1. The molecule has 0 saturated carbocycles. The Kier molecular flexibility index (Phi) is 1.50. The summed E-state index contributed by atoms with van der Waals surface area (Å²) in [5.74, 6) is 0.258. The minimum absolute atomic E-state index is 0.00231. The fraction of sp³-hybridized carbons (Fsp3) is 0.714. The van der Waals surface area contributed by atoms with Crippen molar-refractivity contribution in [2.75, 3.05) is 0 Å². The van der Waals surface area contributed by atoms with Crippen LogP contribution in [0.4, 0.5) is 0 Å². The lowest BCUT2D eigenvalue weighted by atomic mass is 9.89. The van der Waals surface area contributed by atoms with Gasteiger partial charge in [-0.05, 0) is 12.8 Å². The number of rotatable bonds is 1. The Morgan fingerprint density at radius 2 is 2.30 bits per heavy atom. The fourth-order valence-corrected chi connectivity index (χ4v) is 0.841. The van der Waals surface area contributed by atoms with E-state index >= 15 is 0 Å². The third-order valence-corrected chi connectivity index (χ3v) is 2.11. The highest BCUT2D eigenvalue weighted by Gasteiger charge is 2.38. The van der Waals surface area contributed by atoms with Gasteiger partial charge in [0.2, 0.25) is 0 Å². The van der Waals surface area contributed by atoms with E-state index in [9.17, 15) is 4.79 Å². The molecule has 0 radical (unpaired) electrons. The average molecular weight is 140 g/mol. The maximum Gasteiger partial charge on any atom is 0.253 e. The molecule has 3 heteroatoms. The summed E-state index contributed by atoms with van der Waals surface area (Å²) in [6.07, 6.45) is 1.47. The minimum Gasteiger partial charge on any atom is -0.315 e. The number of carbonyl (C=O) groups excluding carboxylic acids is 1. The van der Waals surface area contributed by atoms with E-state index in [1.54, 1.807) is 0 Å². The zero-order valence-electron chi connectivity index (χ0n) is 6.51. The Morgan fingerprint density at radius 3 is 2.50 bits per heavy atom. The van der Waals surface area contributed by atoms with Gasteiger partial charge in [0.05, 0.1) is 6.34 Å². The lowest BCUT2D eigenvalue weighted by Gasteiger charge is -2.21. The van der Waals surface area contributed by atoms with Gasteiger partial charge in [0.1, 0.15) is 5.54 Å². The second-order valence-corrected chi connectivity index (χ2v) is 3.03. The molecule has 0 bridgehead atoms. The fourth-order valence-electron chi connectivity index (χ4n) is 0.841. The molecule has 0 aromatic carbocycles. The molecule has 1 heterocycles. The van der Waals surface area contributed by atoms with E-state index in [0.717, 1.165) is 0 Å². The molecule has 1 N–H and O–H groups in total. The molecule has 0 fully saturated rings. The first-order chi connectivity index (χ1) is 4.57. The van der Waals surface area contributed by atoms with E-state index in [-0.39, 0.29) is 11.8 Å². The highest BCUT2D eigenvalue weighted by atomic mass is 16.2. The van der Waals surface area contributed by atoms with Crippen molar-refractivity contribution < 1.29 is 4.79 Å². The van der Waals surface area contributed by atoms with E-state index in [4.69, 9.17) is 0 Å². The van der Waals surface area contributed by atoms with E-state index in [1.165, 1.54) is 6.34 Å². The van der Waals surface area contributed by atoms with Crippen LogP contribution in [0.2, 0.25) is 0 Å². The van der Waals surface area contributed by atoms with Gasteiger partial charge in [-0.3, -0.25) is 9.79 Å². The Hall–Kier alpha value is -0.860. The Labute approximate surface area is 60.5 Å². The first kappa shape index (κ1) is 7.25. The van der Waals surface area contributed by atoms with E-state index in [0.29, 0.717) is 0 Å². The largest absolute Gasteiger partial charge is 0.315 e. The van der Waals surface area contributed by atoms with Crippen LogP contribution in [0.1, 0.15) is 20.8 Å². The van der Waals surface area contributed by atoms with Gasteiger partial charge in [0.15, 0.2) is 0 Å². The van der Waals surface area contributed by atoms with Crippen molar-refractivity contribution in [2.45, 2.75) is 26.3 Å². The number of aliphatic imine (C=N–C) groups is 1. The summed E-state index contributed by atoms with van der Waals surface area (Å²) < 4.78 is 0. The van der Waals surface area contributed by atoms with Gasteiger partial charge in [-0.1, -0.05) is 13.8 Å². The lowest BCUT2D eigenvalue weighted by molar-refractivity contribution is -0.124. The summed E-state index contributed by atoms with van der Waals surface area (Å²) in [4.78, 5) is 15.2. The van der Waals surface area contributed by atoms with Gasteiger partial charge in [0.25, 0.3) is 5.91 Å². The molecule has 1 amide bonds. The first-order valence-electron chi connectivity index (χ1n) is 3.42. The van der Waals surface area contributed by atoms with Gasteiger partial charge >= 0.3 is 0 Å². The highest BCUT2D eigenvalue weighted by Crippen LogP contribution is 2.23. The van der Waals surface area contributed by atoms with Crippen molar-refractivity contribution in [1.82, 2.24) is 5.32 Å². The van der Waals surface area contributed by atoms with Crippen LogP contribution in [0.3, 0.4) is 0 Å². The molecule has 10 heavy (non-hydrogen) atoms. The predicted octanol–water partition coefficient (Wildman–Crippen LogP) is 0.559. The molecule has 0 saturated heterocycles. The second kappa shape index (κ2) is 2.08. The summed E-state index contributed by atoms with van der Waals surface area (Å²) in [7, 11) is 0. The van der Waals surface area contributed by atoms with Crippen molar-refractivity contribution in [3.8, 4) is 0 Å². The zero-order valence-corrected chi connectivity index (χ0v) is 6.51. The lowest BCUT2D eigenvalue weighted by Crippen LogP contribution is -2.40. The molecule has 0 aromatic heterocycles. The molecular formula is C7H12N2O. The Bertz CT molecular complexity index is 186. The molecule has 1 atom stereocenters. The summed E-state index contributed by atoms with van der Waals surface area (Å²) in [6.45, 7) is 5.82. The topological polar surface area (TPSA) is 41.5 Å². The van der Waals surface area contributed by atoms with Gasteiger partial charge in [-0.15, -0.1) is 0 Å². The molecule has 0 aliphatic carbocycles. The van der Waals surface area contributed by atoms with Crippen molar-refractivity contribution in [3.63, 3.8) is 0 Å². The summed E-state index contributed by atoms with van der Waals surface area (Å²) in [5.41, 5.74) is -0.528. The third kappa shape index (κ3) is 0.818. The van der Waals surface area contributed by atoms with Crippen molar-refractivity contribution in [2.24, 2.45) is 10.9 Å². The average Bonchev–Trinajstić information content (AvgIpc) is 2.15. The van der Waals surface area contributed by atoms with Crippen LogP contribution in [0.5, 0.6) is 0 Å². The van der Waals surface area contributed by atoms with E-state index in [1.807, 2.05) is 20.8 Å². The molecule has 1 aliphatic heterocycles. The van der Waals surface area contributed by atoms with Crippen LogP contribution in [0, 0.1) is 5.92 Å². The molecule has 0 aromatic rings. The summed E-state index contributed by atoms with van der Waals surface area (Å²) in [6, 6.07) is 0. The van der Waals surface area contributed by atoms with Crippen molar-refractivity contribution in [3.05, 3.63) is 0 Å². The number of nitrogens with zero attached hydrogens (tertiary/aromatic N) is 1. The molecule has 0 spiro atoms. The quantitative estimate of drug-likeness (QED) is 0.568. The minimum atomic E-state index is -0.528. The zero-order chi connectivity index (χ0) is 7.78. The van der Waals surface area contributed by atoms with Crippen LogP contribution in [-0.2, 0) is 4.79 Å². The monoisotopic (exact) mass is 140 g/mol. The van der Waals surface area contributed by atoms with Crippen molar-refractivity contribution in [1.29, 1.82) is 0 Å². The maximum absolute atomic E-state index is 11.1. The van der Waals surface area contributed by atoms with E-state index < -0.39 is 5.54 Å². The predicted molar refractivity (Wildman–Crippen MR) is 39.9 cm³/mol. The SMILES string of the molecule is CC(C)C1(C)N=CNC1=O. The van der Waals surface area contributed by atoms with Crippen LogP contribution < -0.4 is 5.32 Å². The summed E-state index contributed by atoms with van der Waals surface area (Å²) in [5, 5.41) is 2.56. The van der Waals surface area contributed by atoms with Crippen LogP contribution in [0.25, 0.3) is 0 Å². The Morgan fingerprint density at radius 1 is 1.70 bits per heavy atom. The number of carbonyl (C=O) groups is 1. The summed E-state index contributed by atoms with van der Waals surface area (Å²) >= 11 is 0. The highest BCUT2D eigenvalue weighted by molar-refractivity contribution is 5.99. The normalized spacial score (nSPS) is 31.4. The van der Waals surface area contributed by atoms with Gasteiger partial charge in [-0.25, -0.2) is 0 Å². The molecule has 3 nitrogen and oxygen atoms in total. The van der Waals surface area contributed by atoms with Gasteiger partial charge < -0.3 is 5.32 Å². The van der Waals surface area contributed by atoms with Gasteiger partial charge in [0, 0.05) is 0 Å². The Balaban J connectivity index is 2.86. The van der Waals surface area contributed by atoms with Crippen LogP contribution >= 0.6 is 0 Å². The molecule has 1 aliphatic rings. The van der Waals surface area contributed by atoms with Crippen LogP contribution in [0.15, 0.2) is 4.99 Å². The number of hydrogen-bond donors (Lipinski definition) is 1. The van der Waals surface area contributed by atoms with Crippen LogP contribution in [-0.4, -0.2) is 17.8 Å². The maximum atomic E-state index is 11.1. The number of hydrogen-bond acceptors (Lipinski definition) is 2. The standard InChI is InChI=1S/C7H12N2O/c1-5(2)7(3)6(10)8-4-9-7/h4-5H,1-3H3,(H,8,9,10). The van der Waals surface area contributed by atoms with Crippen molar-refractivity contribution >= 4 is 12.2 Å². The van der Waals surface area contributed by atoms with Gasteiger partial charge in [-0.2, -0.15) is 0 Å². The molecule has 1 rings (SSSR count). The first-order valence-corrected chi connectivity index (χ1v) is 3.42. The molecule has 1 unspecified atom stereocenters. The smallest absolute Gasteiger partial charge is 0.253 e. The third-order valence-electron chi connectivity index (χ3n) is 2.11. The molecule has 56 valence electrons. The number of amides is 1. The van der Waals surface area contributed by atoms with E-state index in [2.05, 4.69) is 10.3 Å². The second-order valence-electron chi connectivity index (χ2n) is 3.03. The molecular weight excluding hydrogens is 128 g/mol.